The number of hydrogen-bond acceptors (Lipinski definition) is 1. The van der Waals surface area contributed by atoms with Gasteiger partial charge in [-0.3, -0.25) is 4.79 Å². The predicted molar refractivity (Wildman–Crippen MR) is 86.7 cm³/mol. The van der Waals surface area contributed by atoms with Crippen LogP contribution in [0.4, 0.5) is 10.1 Å². The summed E-state index contributed by atoms with van der Waals surface area (Å²) in [5, 5.41) is 3.58. The van der Waals surface area contributed by atoms with E-state index in [4.69, 9.17) is 11.6 Å². The number of benzene rings is 2. The second kappa shape index (κ2) is 5.73. The van der Waals surface area contributed by atoms with E-state index in [0.29, 0.717) is 10.7 Å². The molecule has 0 aromatic heterocycles. The fraction of sp³-hybridized carbons (Fsp3) is 0.278. The summed E-state index contributed by atoms with van der Waals surface area (Å²) in [4.78, 5) is 12.8. The number of anilines is 1. The molecule has 114 valence electrons. The van der Waals surface area contributed by atoms with Crippen molar-refractivity contribution in [1.82, 2.24) is 0 Å². The standard InChI is InChI=1S/C18H17ClFNO/c1-12-3-8-15(11-16(12)19)21-17(22)18(9-2-10-18)13-4-6-14(20)7-5-13/h3-8,11H,2,9-10H2,1H3,(H,21,22). The highest BCUT2D eigenvalue weighted by Crippen LogP contribution is 2.44. The van der Waals surface area contributed by atoms with Gasteiger partial charge in [-0.25, -0.2) is 4.39 Å². The lowest BCUT2D eigenvalue weighted by Crippen LogP contribution is -2.46. The topological polar surface area (TPSA) is 29.1 Å². The van der Waals surface area contributed by atoms with Gasteiger partial charge in [0.15, 0.2) is 0 Å². The van der Waals surface area contributed by atoms with E-state index in [1.165, 1.54) is 12.1 Å². The van der Waals surface area contributed by atoms with Crippen molar-refractivity contribution in [2.75, 3.05) is 5.32 Å². The first-order valence-corrected chi connectivity index (χ1v) is 7.73. The van der Waals surface area contributed by atoms with Crippen LogP contribution < -0.4 is 5.32 Å². The first kappa shape index (κ1) is 15.0. The highest BCUT2D eigenvalue weighted by molar-refractivity contribution is 6.31. The van der Waals surface area contributed by atoms with Gasteiger partial charge in [-0.1, -0.05) is 36.2 Å². The minimum atomic E-state index is -0.551. The third-order valence-electron chi connectivity index (χ3n) is 4.47. The van der Waals surface area contributed by atoms with E-state index in [9.17, 15) is 9.18 Å². The lowest BCUT2D eigenvalue weighted by molar-refractivity contribution is -0.124. The average Bonchev–Trinajstić information content (AvgIpc) is 2.44. The molecule has 2 aromatic carbocycles. The maximum absolute atomic E-state index is 13.1. The lowest BCUT2D eigenvalue weighted by atomic mass is 9.64. The monoisotopic (exact) mass is 317 g/mol. The van der Waals surface area contributed by atoms with Gasteiger partial charge in [0.25, 0.3) is 0 Å². The van der Waals surface area contributed by atoms with Crippen molar-refractivity contribution in [3.8, 4) is 0 Å². The SMILES string of the molecule is Cc1ccc(NC(=O)C2(c3ccc(F)cc3)CCC2)cc1Cl. The van der Waals surface area contributed by atoms with Crippen molar-refractivity contribution in [1.29, 1.82) is 0 Å². The summed E-state index contributed by atoms with van der Waals surface area (Å²) >= 11 is 6.10. The first-order valence-electron chi connectivity index (χ1n) is 7.35. The Morgan fingerprint density at radius 2 is 1.86 bits per heavy atom. The molecule has 0 bridgehead atoms. The molecule has 1 aliphatic carbocycles. The second-order valence-electron chi connectivity index (χ2n) is 5.86. The number of aryl methyl sites for hydroxylation is 1. The van der Waals surface area contributed by atoms with Gasteiger partial charge >= 0.3 is 0 Å². The van der Waals surface area contributed by atoms with E-state index < -0.39 is 5.41 Å². The molecule has 1 aliphatic rings. The van der Waals surface area contributed by atoms with Gasteiger partial charge in [0.1, 0.15) is 5.82 Å². The smallest absolute Gasteiger partial charge is 0.235 e. The van der Waals surface area contributed by atoms with Crippen LogP contribution in [0.1, 0.15) is 30.4 Å². The van der Waals surface area contributed by atoms with Crippen molar-refractivity contribution in [2.24, 2.45) is 0 Å². The molecule has 4 heteroatoms. The largest absolute Gasteiger partial charge is 0.325 e. The summed E-state index contributed by atoms with van der Waals surface area (Å²) in [6, 6.07) is 11.7. The second-order valence-corrected chi connectivity index (χ2v) is 6.27. The molecule has 22 heavy (non-hydrogen) atoms. The van der Waals surface area contributed by atoms with E-state index in [2.05, 4.69) is 5.32 Å². The Hall–Kier alpha value is -1.87. The molecule has 1 fully saturated rings. The van der Waals surface area contributed by atoms with E-state index in [0.717, 1.165) is 30.4 Å². The predicted octanol–water partition coefficient (Wildman–Crippen LogP) is 4.85. The van der Waals surface area contributed by atoms with Gasteiger partial charge in [-0.2, -0.15) is 0 Å². The van der Waals surface area contributed by atoms with Crippen molar-refractivity contribution in [2.45, 2.75) is 31.6 Å². The number of nitrogens with one attached hydrogen (secondary N) is 1. The molecule has 2 nitrogen and oxygen atoms in total. The molecule has 0 aliphatic heterocycles. The van der Waals surface area contributed by atoms with E-state index >= 15 is 0 Å². The van der Waals surface area contributed by atoms with Crippen molar-refractivity contribution in [3.63, 3.8) is 0 Å². The molecule has 0 spiro atoms. The highest BCUT2D eigenvalue weighted by Gasteiger charge is 2.45. The molecule has 1 saturated carbocycles. The number of carbonyl (C=O) groups excluding carboxylic acids is 1. The van der Waals surface area contributed by atoms with Crippen molar-refractivity contribution >= 4 is 23.2 Å². The molecular formula is C18H17ClFNO. The van der Waals surface area contributed by atoms with E-state index in [1.807, 2.05) is 19.1 Å². The lowest BCUT2D eigenvalue weighted by Gasteiger charge is -2.40. The van der Waals surface area contributed by atoms with Crippen molar-refractivity contribution < 1.29 is 9.18 Å². The minimum Gasteiger partial charge on any atom is -0.325 e. The van der Waals surface area contributed by atoms with Crippen molar-refractivity contribution in [3.05, 3.63) is 64.4 Å². The normalized spacial score (nSPS) is 16.0. The summed E-state index contributed by atoms with van der Waals surface area (Å²) < 4.78 is 13.1. The molecule has 0 heterocycles. The number of hydrogen-bond donors (Lipinski definition) is 1. The molecule has 1 amide bonds. The zero-order valence-corrected chi connectivity index (χ0v) is 13.1. The summed E-state index contributed by atoms with van der Waals surface area (Å²) in [7, 11) is 0. The van der Waals surface area contributed by atoms with Crippen LogP contribution in [0, 0.1) is 12.7 Å². The maximum Gasteiger partial charge on any atom is 0.235 e. The minimum absolute atomic E-state index is 0.0507. The van der Waals surface area contributed by atoms with Crippen LogP contribution in [0.15, 0.2) is 42.5 Å². The van der Waals surface area contributed by atoms with Crippen LogP contribution in [0.3, 0.4) is 0 Å². The third kappa shape index (κ3) is 2.61. The molecule has 3 rings (SSSR count). The van der Waals surface area contributed by atoms with Gasteiger partial charge in [0, 0.05) is 10.7 Å². The van der Waals surface area contributed by atoms with Gasteiger partial charge in [0.2, 0.25) is 5.91 Å². The molecular weight excluding hydrogens is 301 g/mol. The summed E-state index contributed by atoms with van der Waals surface area (Å²) in [5.74, 6) is -0.339. The van der Waals surface area contributed by atoms with E-state index in [1.54, 1.807) is 18.2 Å². The number of halogens is 2. The Labute approximate surface area is 134 Å². The zero-order chi connectivity index (χ0) is 15.7. The van der Waals surface area contributed by atoms with Crippen LogP contribution in [0.5, 0.6) is 0 Å². The molecule has 0 unspecified atom stereocenters. The first-order chi connectivity index (χ1) is 10.5. The average molecular weight is 318 g/mol. The van der Waals surface area contributed by atoms with Gasteiger partial charge in [-0.15, -0.1) is 0 Å². The van der Waals surface area contributed by atoms with Gasteiger partial charge in [-0.05, 0) is 55.2 Å². The fourth-order valence-electron chi connectivity index (χ4n) is 2.87. The van der Waals surface area contributed by atoms with Gasteiger partial charge < -0.3 is 5.32 Å². The fourth-order valence-corrected chi connectivity index (χ4v) is 3.05. The zero-order valence-electron chi connectivity index (χ0n) is 12.3. The number of amides is 1. The molecule has 0 saturated heterocycles. The molecule has 0 atom stereocenters. The number of rotatable bonds is 3. The quantitative estimate of drug-likeness (QED) is 0.861. The van der Waals surface area contributed by atoms with Crippen LogP contribution >= 0.6 is 11.6 Å². The van der Waals surface area contributed by atoms with Crippen LogP contribution in [0.25, 0.3) is 0 Å². The number of carbonyl (C=O) groups is 1. The van der Waals surface area contributed by atoms with Gasteiger partial charge in [0.05, 0.1) is 5.41 Å². The van der Waals surface area contributed by atoms with Crippen LogP contribution in [0.2, 0.25) is 5.02 Å². The molecule has 0 radical (unpaired) electrons. The Morgan fingerprint density at radius 1 is 1.18 bits per heavy atom. The maximum atomic E-state index is 13.1. The summed E-state index contributed by atoms with van der Waals surface area (Å²) in [5.41, 5.74) is 1.98. The molecule has 2 aromatic rings. The molecule has 1 N–H and O–H groups in total. The van der Waals surface area contributed by atoms with E-state index in [-0.39, 0.29) is 11.7 Å². The Morgan fingerprint density at radius 3 is 2.41 bits per heavy atom. The summed E-state index contributed by atoms with van der Waals surface area (Å²) in [6.07, 6.45) is 2.56. The highest BCUT2D eigenvalue weighted by atomic mass is 35.5. The Bertz CT molecular complexity index is 708. The van der Waals surface area contributed by atoms with Crippen LogP contribution in [-0.2, 0) is 10.2 Å². The van der Waals surface area contributed by atoms with Crippen LogP contribution in [-0.4, -0.2) is 5.91 Å². The summed E-state index contributed by atoms with van der Waals surface area (Å²) in [6.45, 7) is 1.92. The third-order valence-corrected chi connectivity index (χ3v) is 4.88. The Kier molecular flexibility index (Phi) is 3.92. The Balaban J connectivity index is 1.85.